The molecule has 0 aliphatic rings. The molecule has 0 atom stereocenters. The van der Waals surface area contributed by atoms with Crippen LogP contribution in [0.5, 0.6) is 5.75 Å². The maximum absolute atomic E-state index is 12.1. The molecule has 3 aromatic rings. The summed E-state index contributed by atoms with van der Waals surface area (Å²) < 4.78 is 5.64. The molecule has 0 bridgehead atoms. The molecule has 2 heterocycles. The van der Waals surface area contributed by atoms with E-state index < -0.39 is 0 Å². The Kier molecular flexibility index (Phi) is 6.90. The van der Waals surface area contributed by atoms with Gasteiger partial charge < -0.3 is 10.1 Å². The van der Waals surface area contributed by atoms with Crippen molar-refractivity contribution in [2.24, 2.45) is 0 Å². The lowest BCUT2D eigenvalue weighted by Crippen LogP contribution is -2.25. The van der Waals surface area contributed by atoms with Gasteiger partial charge in [0.15, 0.2) is 0 Å². The second-order valence-electron chi connectivity index (χ2n) is 5.23. The number of thioether (sulfide) groups is 1. The van der Waals surface area contributed by atoms with Crippen molar-refractivity contribution in [1.82, 2.24) is 10.3 Å². The smallest absolute Gasteiger partial charge is 0.251 e. The van der Waals surface area contributed by atoms with E-state index in [1.165, 1.54) is 5.56 Å². The number of hydrogen-bond acceptors (Lipinski definition) is 6. The number of hydrogen-bond donors (Lipinski definition) is 1. The van der Waals surface area contributed by atoms with Crippen molar-refractivity contribution in [2.45, 2.75) is 12.4 Å². The van der Waals surface area contributed by atoms with E-state index >= 15 is 0 Å². The molecule has 130 valence electrons. The molecule has 7 heteroatoms. The molecule has 4 nitrogen and oxygen atoms in total. The Morgan fingerprint density at radius 2 is 2.04 bits per heavy atom. The Balaban J connectivity index is 1.36. The van der Waals surface area contributed by atoms with Crippen LogP contribution >= 0.6 is 34.4 Å². The van der Waals surface area contributed by atoms with Gasteiger partial charge in [0, 0.05) is 29.0 Å². The second-order valence-corrected chi connectivity index (χ2v) is 7.84. The first kappa shape index (κ1) is 18.0. The fraction of sp³-hybridized carbons (Fsp3) is 0.222. The van der Waals surface area contributed by atoms with Crippen LogP contribution in [0.3, 0.4) is 0 Å². The Labute approximate surface area is 159 Å². The molecular formula is C18H18N2O2S3. The summed E-state index contributed by atoms with van der Waals surface area (Å²) in [5, 5.41) is 9.14. The largest absolute Gasteiger partial charge is 0.487 e. The molecule has 1 amide bonds. The van der Waals surface area contributed by atoms with Gasteiger partial charge in [0.25, 0.3) is 5.91 Å². The van der Waals surface area contributed by atoms with Gasteiger partial charge in [-0.1, -0.05) is 0 Å². The van der Waals surface area contributed by atoms with Gasteiger partial charge in [-0.25, -0.2) is 4.98 Å². The van der Waals surface area contributed by atoms with Gasteiger partial charge >= 0.3 is 0 Å². The predicted octanol–water partition coefficient (Wildman–Crippen LogP) is 4.45. The molecule has 1 N–H and O–H groups in total. The molecule has 3 rings (SSSR count). The maximum atomic E-state index is 12.1. The van der Waals surface area contributed by atoms with Crippen molar-refractivity contribution >= 4 is 40.3 Å². The summed E-state index contributed by atoms with van der Waals surface area (Å²) in [7, 11) is 0. The summed E-state index contributed by atoms with van der Waals surface area (Å²) >= 11 is 5.08. The average Bonchev–Trinajstić information content (AvgIpc) is 3.34. The predicted molar refractivity (Wildman–Crippen MR) is 106 cm³/mol. The molecule has 0 aliphatic heterocycles. The standard InChI is InChI=1S/C18H18N2O2S3/c21-18(19-6-8-24-11-14-5-7-23-10-14)15-1-3-17(4-2-15)22-9-16-12-25-13-20-16/h1-5,7,10,12-13H,6,8-9,11H2,(H,19,21). The van der Waals surface area contributed by atoms with Gasteiger partial charge in [0.1, 0.15) is 12.4 Å². The molecule has 2 aromatic heterocycles. The minimum Gasteiger partial charge on any atom is -0.487 e. The van der Waals surface area contributed by atoms with Crippen LogP contribution in [-0.4, -0.2) is 23.2 Å². The molecule has 0 spiro atoms. The molecule has 25 heavy (non-hydrogen) atoms. The fourth-order valence-corrected chi connectivity index (χ4v) is 4.20. The second kappa shape index (κ2) is 9.60. The van der Waals surface area contributed by atoms with E-state index in [1.54, 1.807) is 40.3 Å². The third kappa shape index (κ3) is 5.88. The number of amides is 1. The number of thiazole rings is 1. The van der Waals surface area contributed by atoms with Crippen LogP contribution in [0.4, 0.5) is 0 Å². The molecule has 0 unspecified atom stereocenters. The van der Waals surface area contributed by atoms with Gasteiger partial charge in [-0.3, -0.25) is 4.79 Å². The van der Waals surface area contributed by atoms with Crippen molar-refractivity contribution in [3.63, 3.8) is 0 Å². The minimum absolute atomic E-state index is 0.0535. The van der Waals surface area contributed by atoms with Gasteiger partial charge in [-0.05, 0) is 46.7 Å². The van der Waals surface area contributed by atoms with Gasteiger partial charge in [-0.2, -0.15) is 23.1 Å². The van der Waals surface area contributed by atoms with Crippen molar-refractivity contribution in [1.29, 1.82) is 0 Å². The molecule has 0 fully saturated rings. The summed E-state index contributed by atoms with van der Waals surface area (Å²) in [6.07, 6.45) is 0. The Bertz CT molecular complexity index is 756. The van der Waals surface area contributed by atoms with E-state index in [-0.39, 0.29) is 5.91 Å². The van der Waals surface area contributed by atoms with E-state index in [4.69, 9.17) is 4.74 Å². The number of rotatable bonds is 9. The molecule has 1 aromatic carbocycles. The van der Waals surface area contributed by atoms with Gasteiger partial charge in [0.2, 0.25) is 0 Å². The van der Waals surface area contributed by atoms with Crippen LogP contribution in [-0.2, 0) is 12.4 Å². The quantitative estimate of drug-likeness (QED) is 0.549. The van der Waals surface area contributed by atoms with Crippen molar-refractivity contribution in [3.8, 4) is 5.75 Å². The number of carbonyl (C=O) groups excluding carboxylic acids is 1. The van der Waals surface area contributed by atoms with Crippen LogP contribution in [0.25, 0.3) is 0 Å². The highest BCUT2D eigenvalue weighted by atomic mass is 32.2. The monoisotopic (exact) mass is 390 g/mol. The molecule has 0 radical (unpaired) electrons. The lowest BCUT2D eigenvalue weighted by molar-refractivity contribution is 0.0956. The summed E-state index contributed by atoms with van der Waals surface area (Å²) in [5.74, 6) is 2.57. The molecular weight excluding hydrogens is 372 g/mol. The topological polar surface area (TPSA) is 51.2 Å². The molecule has 0 aliphatic carbocycles. The number of nitrogens with one attached hydrogen (secondary N) is 1. The Hall–Kier alpha value is -1.83. The number of ether oxygens (including phenoxy) is 1. The number of aromatic nitrogens is 1. The van der Waals surface area contributed by atoms with E-state index in [1.807, 2.05) is 29.3 Å². The third-order valence-electron chi connectivity index (χ3n) is 3.37. The van der Waals surface area contributed by atoms with E-state index in [0.29, 0.717) is 18.7 Å². The number of thiophene rings is 1. The normalized spacial score (nSPS) is 10.6. The van der Waals surface area contributed by atoms with E-state index in [9.17, 15) is 4.79 Å². The van der Waals surface area contributed by atoms with Crippen molar-refractivity contribution in [2.75, 3.05) is 12.3 Å². The van der Waals surface area contributed by atoms with Crippen molar-refractivity contribution < 1.29 is 9.53 Å². The summed E-state index contributed by atoms with van der Waals surface area (Å²) in [6.45, 7) is 1.10. The summed E-state index contributed by atoms with van der Waals surface area (Å²) in [4.78, 5) is 16.3. The summed E-state index contributed by atoms with van der Waals surface area (Å²) in [5.41, 5.74) is 4.68. The zero-order valence-electron chi connectivity index (χ0n) is 13.5. The number of nitrogens with zero attached hydrogens (tertiary/aromatic N) is 1. The lowest BCUT2D eigenvalue weighted by Gasteiger charge is -2.07. The van der Waals surface area contributed by atoms with E-state index in [0.717, 1.165) is 22.9 Å². The first-order chi connectivity index (χ1) is 12.3. The van der Waals surface area contributed by atoms with Crippen LogP contribution in [0.2, 0.25) is 0 Å². The Morgan fingerprint density at radius 3 is 2.76 bits per heavy atom. The zero-order chi connectivity index (χ0) is 17.3. The van der Waals surface area contributed by atoms with Crippen LogP contribution in [0.1, 0.15) is 21.6 Å². The molecule has 0 saturated heterocycles. The lowest BCUT2D eigenvalue weighted by atomic mass is 10.2. The average molecular weight is 391 g/mol. The highest BCUT2D eigenvalue weighted by molar-refractivity contribution is 7.98. The van der Waals surface area contributed by atoms with Crippen LogP contribution in [0, 0.1) is 0 Å². The highest BCUT2D eigenvalue weighted by Gasteiger charge is 2.05. The minimum atomic E-state index is -0.0535. The van der Waals surface area contributed by atoms with Gasteiger partial charge in [-0.15, -0.1) is 11.3 Å². The van der Waals surface area contributed by atoms with Crippen LogP contribution < -0.4 is 10.1 Å². The first-order valence-corrected chi connectivity index (χ1v) is 10.8. The van der Waals surface area contributed by atoms with Crippen LogP contribution in [0.15, 0.2) is 52.0 Å². The first-order valence-electron chi connectivity index (χ1n) is 7.78. The molecule has 0 saturated carbocycles. The maximum Gasteiger partial charge on any atom is 0.251 e. The SMILES string of the molecule is O=C(NCCSCc1ccsc1)c1ccc(OCc2cscn2)cc1. The number of carbonyl (C=O) groups is 1. The fourth-order valence-electron chi connectivity index (χ4n) is 2.07. The summed E-state index contributed by atoms with van der Waals surface area (Å²) in [6, 6.07) is 9.32. The third-order valence-corrected chi connectivity index (χ3v) is 5.77. The Morgan fingerprint density at radius 1 is 1.16 bits per heavy atom. The zero-order valence-corrected chi connectivity index (χ0v) is 16.0. The van der Waals surface area contributed by atoms with Gasteiger partial charge in [0.05, 0.1) is 11.2 Å². The highest BCUT2D eigenvalue weighted by Crippen LogP contribution is 2.15. The van der Waals surface area contributed by atoms with Crippen molar-refractivity contribution in [3.05, 3.63) is 68.8 Å². The number of benzene rings is 1. The van der Waals surface area contributed by atoms with E-state index in [2.05, 4.69) is 27.1 Å².